The van der Waals surface area contributed by atoms with Crippen molar-refractivity contribution in [1.82, 2.24) is 14.7 Å². The fraction of sp³-hybridized carbons (Fsp3) is 0.688. The first-order chi connectivity index (χ1) is 38.5. The van der Waals surface area contributed by atoms with Gasteiger partial charge < -0.3 is 53.3 Å². The van der Waals surface area contributed by atoms with E-state index >= 15 is 0 Å². The molecule has 0 aromatic heterocycles. The number of allylic oxidation sites excluding steroid dienone is 6. The van der Waals surface area contributed by atoms with Gasteiger partial charge in [0.05, 0.1) is 24.9 Å². The molecule has 15 atom stereocenters. The van der Waals surface area contributed by atoms with E-state index in [-0.39, 0.29) is 49.2 Å². The lowest BCUT2D eigenvalue weighted by molar-refractivity contribution is -0.266. The molecular formula is C64H97N3O14. The predicted octanol–water partition coefficient (Wildman–Crippen LogP) is 8.43. The van der Waals surface area contributed by atoms with Crippen LogP contribution in [-0.2, 0) is 58.8 Å². The number of methoxy groups -OCH3 is 2. The van der Waals surface area contributed by atoms with Crippen LogP contribution in [0.1, 0.15) is 131 Å². The molecule has 2 N–H and O–H groups in total. The molecule has 17 nitrogen and oxygen atoms in total. The highest BCUT2D eigenvalue weighted by atomic mass is 16.6. The summed E-state index contributed by atoms with van der Waals surface area (Å²) in [6.07, 6.45) is 11.0. The van der Waals surface area contributed by atoms with Gasteiger partial charge in [-0.3, -0.25) is 19.2 Å². The molecule has 81 heavy (non-hydrogen) atoms. The van der Waals surface area contributed by atoms with E-state index in [1.54, 1.807) is 45.9 Å². The lowest BCUT2D eigenvalue weighted by Crippen LogP contribution is -2.61. The van der Waals surface area contributed by atoms with E-state index in [0.717, 1.165) is 11.1 Å². The van der Waals surface area contributed by atoms with Crippen LogP contribution >= 0.6 is 0 Å². The number of rotatable bonds is 13. The third kappa shape index (κ3) is 19.3. The Morgan fingerprint density at radius 1 is 0.852 bits per heavy atom. The van der Waals surface area contributed by atoms with Gasteiger partial charge in [0, 0.05) is 71.5 Å². The van der Waals surface area contributed by atoms with Gasteiger partial charge in [0.15, 0.2) is 5.78 Å². The summed E-state index contributed by atoms with van der Waals surface area (Å²) in [4.78, 5) is 90.1. The van der Waals surface area contributed by atoms with E-state index in [4.69, 9.17) is 28.4 Å². The number of Topliss-reactive ketones (excluding diaryl/α,β-unsaturated/α-hetero) is 3. The van der Waals surface area contributed by atoms with Crippen LogP contribution in [0.4, 0.5) is 4.79 Å². The summed E-state index contributed by atoms with van der Waals surface area (Å²) in [5.41, 5.74) is 2.36. The molecule has 4 aliphatic rings. The number of benzene rings is 1. The van der Waals surface area contributed by atoms with Crippen molar-refractivity contribution in [1.29, 1.82) is 0 Å². The third-order valence-electron chi connectivity index (χ3n) is 17.2. The summed E-state index contributed by atoms with van der Waals surface area (Å²) in [6, 6.07) is 8.80. The van der Waals surface area contributed by atoms with E-state index in [0.29, 0.717) is 89.5 Å². The number of carbonyl (C=O) groups is 6. The molecule has 1 aromatic rings. The number of ketones is 3. The van der Waals surface area contributed by atoms with Gasteiger partial charge in [-0.25, -0.2) is 9.59 Å². The average Bonchev–Trinajstić information content (AvgIpc) is 3.45. The number of hydrogen-bond acceptors (Lipinski definition) is 15. The van der Waals surface area contributed by atoms with Crippen molar-refractivity contribution in [2.45, 2.75) is 186 Å². The lowest BCUT2D eigenvalue weighted by Gasteiger charge is -2.43. The molecule has 3 aliphatic heterocycles. The first-order valence-corrected chi connectivity index (χ1v) is 29.7. The standard InChI is InChI=1S/C64H97N3O14/c1-41-21-15-13-16-22-42(2)54(78-34-30-48-23-17-14-18-24-48)39-50-28-26-47(7)64(75,81-50)60(71)61(72)67-31-20-19-25-51(67)62(73)79-55(40-52(68)43(3)36-46(6)58(70)59(77-12)57(69)45(5)35-41)44(4)37-49-27-29-53(56(38-49)76-11)80-63(74)66(10)33-32-65(8)9/h13-18,21-24,36,41,43-45,47,49-51,53-56,58-59,70,75H,19-20,25-35,37-40H2,1-12H3/b16-13+,21-15+,42-22+,46-36+/t41-,43-,44-,45-,47-,49+,50+,51?,53-,54?,55+,56-,58-,59+,64-/m1/s1. The molecule has 0 radical (unpaired) electrons. The summed E-state index contributed by atoms with van der Waals surface area (Å²) in [5, 5.41) is 23.9. The Bertz CT molecular complexity index is 2350. The number of aliphatic hydroxyl groups is 2. The van der Waals surface area contributed by atoms with Gasteiger partial charge >= 0.3 is 12.1 Å². The normalized spacial score (nSPS) is 34.7. The minimum absolute atomic E-state index is 0.0106. The minimum atomic E-state index is -2.48. The van der Waals surface area contributed by atoms with E-state index in [1.807, 2.05) is 107 Å². The molecule has 3 fully saturated rings. The second-order valence-corrected chi connectivity index (χ2v) is 24.0. The Hall–Kier alpha value is -4.88. The van der Waals surface area contributed by atoms with Crippen molar-refractivity contribution in [3.8, 4) is 0 Å². The van der Waals surface area contributed by atoms with Crippen molar-refractivity contribution in [3.63, 3.8) is 0 Å². The smallest absolute Gasteiger partial charge is 0.409 e. The van der Waals surface area contributed by atoms with Crippen molar-refractivity contribution in [2.24, 2.45) is 35.5 Å². The summed E-state index contributed by atoms with van der Waals surface area (Å²) >= 11 is 0. The van der Waals surface area contributed by atoms with Crippen LogP contribution < -0.4 is 0 Å². The molecule has 5 rings (SSSR count). The monoisotopic (exact) mass is 1130 g/mol. The molecule has 452 valence electrons. The number of piperidine rings is 1. The van der Waals surface area contributed by atoms with E-state index in [2.05, 4.69) is 0 Å². The predicted molar refractivity (Wildman–Crippen MR) is 310 cm³/mol. The van der Waals surface area contributed by atoms with E-state index < -0.39 is 102 Å². The molecule has 1 aromatic carbocycles. The maximum Gasteiger partial charge on any atom is 0.409 e. The molecular weight excluding hydrogens is 1030 g/mol. The largest absolute Gasteiger partial charge is 0.460 e. The highest BCUT2D eigenvalue weighted by Gasteiger charge is 2.53. The average molecular weight is 1130 g/mol. The number of nitrogens with zero attached hydrogens (tertiary/aromatic N) is 3. The van der Waals surface area contributed by atoms with Gasteiger partial charge in [-0.2, -0.15) is 0 Å². The van der Waals surface area contributed by atoms with Gasteiger partial charge in [-0.1, -0.05) is 101 Å². The van der Waals surface area contributed by atoms with Crippen molar-refractivity contribution in [2.75, 3.05) is 61.6 Å². The maximum absolute atomic E-state index is 14.7. The number of hydrogen-bond donors (Lipinski definition) is 2. The zero-order valence-corrected chi connectivity index (χ0v) is 50.6. The van der Waals surface area contributed by atoms with Crippen LogP contribution in [-0.4, -0.2) is 176 Å². The van der Waals surface area contributed by atoms with Crippen molar-refractivity contribution < 1.29 is 67.4 Å². The molecule has 17 heteroatoms. The van der Waals surface area contributed by atoms with Gasteiger partial charge in [-0.15, -0.1) is 0 Å². The zero-order chi connectivity index (χ0) is 59.6. The minimum Gasteiger partial charge on any atom is -0.460 e. The van der Waals surface area contributed by atoms with E-state index in [9.17, 15) is 39.0 Å². The fourth-order valence-corrected chi connectivity index (χ4v) is 11.8. The Balaban J connectivity index is 1.45. The van der Waals surface area contributed by atoms with Gasteiger partial charge in [-0.05, 0) is 133 Å². The summed E-state index contributed by atoms with van der Waals surface area (Å²) in [5.74, 6) is -8.38. The SMILES string of the molecule is CO[C@@H]1C[C@H](C[C@@H](C)[C@@H]2CC(=O)[C@H](C)/C=C(\C)[C@@H](O)[C@@H](OC)C(=O)[C@H](C)C[C@H](C)/C=C/C=C/C=C(\C)C(OCCc3ccccc3)C[C@@H]3CC[C@@H](C)[C@@](O)(O3)C(=O)C(=O)N3CCCCC3C(=O)O2)CC[C@H]1OC(=O)N(C)CCN(C)C. The quantitative estimate of drug-likeness (QED) is 0.108. The molecule has 2 unspecified atom stereocenters. The highest BCUT2D eigenvalue weighted by Crippen LogP contribution is 2.38. The summed E-state index contributed by atoms with van der Waals surface area (Å²) in [7, 11) is 8.54. The number of likely N-dealkylation sites (N-methyl/N-ethyl adjacent to an activating group) is 2. The fourth-order valence-electron chi connectivity index (χ4n) is 11.8. The zero-order valence-electron chi connectivity index (χ0n) is 50.6. The number of ether oxygens (including phenoxy) is 6. The topological polar surface area (TPSA) is 208 Å². The van der Waals surface area contributed by atoms with Crippen molar-refractivity contribution in [3.05, 3.63) is 83.5 Å². The third-order valence-corrected chi connectivity index (χ3v) is 17.2. The van der Waals surface area contributed by atoms with Crippen molar-refractivity contribution >= 4 is 35.3 Å². The van der Waals surface area contributed by atoms with E-state index in [1.165, 1.54) is 12.0 Å². The lowest BCUT2D eigenvalue weighted by atomic mass is 9.78. The Kier molecular flexibility index (Phi) is 26.6. The second kappa shape index (κ2) is 32.3. The molecule has 1 saturated carbocycles. The van der Waals surface area contributed by atoms with Crippen LogP contribution in [0.3, 0.4) is 0 Å². The van der Waals surface area contributed by atoms with Gasteiger partial charge in [0.25, 0.3) is 11.7 Å². The Labute approximate surface area is 482 Å². The summed E-state index contributed by atoms with van der Waals surface area (Å²) in [6.45, 7) is 14.4. The first-order valence-electron chi connectivity index (χ1n) is 29.7. The molecule has 2 bridgehead atoms. The summed E-state index contributed by atoms with van der Waals surface area (Å²) < 4.78 is 36.8. The molecule has 3 heterocycles. The van der Waals surface area contributed by atoms with Crippen LogP contribution in [0, 0.1) is 35.5 Å². The number of aliphatic hydroxyl groups excluding tert-OH is 1. The molecule has 2 saturated heterocycles. The van der Waals surface area contributed by atoms with Crippen LogP contribution in [0.5, 0.6) is 0 Å². The molecule has 1 aliphatic carbocycles. The van der Waals surface area contributed by atoms with Crippen LogP contribution in [0.15, 0.2) is 77.9 Å². The van der Waals surface area contributed by atoms with Gasteiger partial charge in [0.2, 0.25) is 5.79 Å². The number of esters is 1. The number of fused-ring (bicyclic) bond motifs is 3. The Morgan fingerprint density at radius 3 is 2.27 bits per heavy atom. The number of cyclic esters (lactones) is 1. The van der Waals surface area contributed by atoms with Crippen LogP contribution in [0.25, 0.3) is 0 Å². The molecule has 0 spiro atoms. The maximum atomic E-state index is 14.7. The van der Waals surface area contributed by atoms with Gasteiger partial charge in [0.1, 0.15) is 36.2 Å². The number of amides is 2. The molecule has 2 amide bonds. The second-order valence-electron chi connectivity index (χ2n) is 24.0. The first kappa shape index (κ1) is 66.9. The highest BCUT2D eigenvalue weighted by molar-refractivity contribution is 6.39. The van der Waals surface area contributed by atoms with Crippen LogP contribution in [0.2, 0.25) is 0 Å². The number of carbonyl (C=O) groups excluding carboxylic acids is 6. The Morgan fingerprint density at radius 2 is 1.58 bits per heavy atom.